The number of amides is 2. The van der Waals surface area contributed by atoms with Gasteiger partial charge in [-0.2, -0.15) is 0 Å². The summed E-state index contributed by atoms with van der Waals surface area (Å²) in [5, 5.41) is 10.6. The van der Waals surface area contributed by atoms with E-state index in [2.05, 4.69) is 16.0 Å². The maximum absolute atomic E-state index is 11.6. The minimum absolute atomic E-state index is 0. The van der Waals surface area contributed by atoms with E-state index in [1.54, 1.807) is 6.07 Å². The van der Waals surface area contributed by atoms with E-state index in [1.165, 1.54) is 11.3 Å². The summed E-state index contributed by atoms with van der Waals surface area (Å²) in [5.41, 5.74) is 0. The topological polar surface area (TPSA) is 70.2 Å². The molecule has 1 saturated heterocycles. The Hall–Kier alpha value is -1.11. The molecule has 0 saturated carbocycles. The summed E-state index contributed by atoms with van der Waals surface area (Å²) >= 11 is 1.41. The Morgan fingerprint density at radius 1 is 1.37 bits per heavy atom. The molecule has 0 aromatic carbocycles. The summed E-state index contributed by atoms with van der Waals surface area (Å²) in [6.45, 7) is 1.83. The molecule has 1 aliphatic rings. The van der Waals surface area contributed by atoms with E-state index in [4.69, 9.17) is 0 Å². The number of nitrogens with one attached hydrogen (secondary N) is 3. The molecule has 19 heavy (non-hydrogen) atoms. The van der Waals surface area contributed by atoms with Crippen molar-refractivity contribution in [3.8, 4) is 0 Å². The Morgan fingerprint density at radius 3 is 2.79 bits per heavy atom. The van der Waals surface area contributed by atoms with Crippen LogP contribution in [-0.2, 0) is 4.79 Å². The maximum atomic E-state index is 11.6. The van der Waals surface area contributed by atoms with Crippen LogP contribution < -0.4 is 16.0 Å². The standard InChI is InChI=1S/C12H17N3O2S.ClH/c16-11(9-3-1-5-13-9)14-6-7-15-12(17)10-4-2-8-18-10;/h2,4,8-9,13H,1,3,5-7H2,(H,14,16)(H,15,17);1H. The average Bonchev–Trinajstić information content (AvgIpc) is 3.05. The zero-order chi connectivity index (χ0) is 12.8. The van der Waals surface area contributed by atoms with Crippen LogP contribution in [0.3, 0.4) is 0 Å². The summed E-state index contributed by atoms with van der Waals surface area (Å²) in [5.74, 6) is -0.0592. The first kappa shape index (κ1) is 15.9. The van der Waals surface area contributed by atoms with Crippen LogP contribution in [0.4, 0.5) is 0 Å². The number of hydrogen-bond donors (Lipinski definition) is 3. The molecular formula is C12H18ClN3O2S. The second-order valence-electron chi connectivity index (χ2n) is 4.17. The monoisotopic (exact) mass is 303 g/mol. The lowest BCUT2D eigenvalue weighted by Crippen LogP contribution is -2.43. The molecule has 1 aromatic rings. The Balaban J connectivity index is 0.00000180. The van der Waals surface area contributed by atoms with Gasteiger partial charge in [-0.3, -0.25) is 9.59 Å². The summed E-state index contributed by atoms with van der Waals surface area (Å²) in [7, 11) is 0. The second-order valence-corrected chi connectivity index (χ2v) is 5.12. The lowest BCUT2D eigenvalue weighted by molar-refractivity contribution is -0.122. The van der Waals surface area contributed by atoms with Crippen LogP contribution in [0.25, 0.3) is 0 Å². The molecule has 7 heteroatoms. The molecule has 2 amide bonds. The molecular weight excluding hydrogens is 286 g/mol. The molecule has 0 bridgehead atoms. The van der Waals surface area contributed by atoms with Crippen LogP contribution >= 0.6 is 23.7 Å². The van der Waals surface area contributed by atoms with Crippen molar-refractivity contribution in [3.63, 3.8) is 0 Å². The highest BCUT2D eigenvalue weighted by atomic mass is 35.5. The van der Waals surface area contributed by atoms with Gasteiger partial charge < -0.3 is 16.0 Å². The van der Waals surface area contributed by atoms with Crippen LogP contribution in [-0.4, -0.2) is 37.5 Å². The fourth-order valence-corrected chi connectivity index (χ4v) is 2.53. The number of carbonyl (C=O) groups excluding carboxylic acids is 2. The summed E-state index contributed by atoms with van der Waals surface area (Å²) in [6, 6.07) is 3.56. The van der Waals surface area contributed by atoms with Crippen molar-refractivity contribution in [1.82, 2.24) is 16.0 Å². The van der Waals surface area contributed by atoms with Crippen molar-refractivity contribution in [2.45, 2.75) is 18.9 Å². The fraction of sp³-hybridized carbons (Fsp3) is 0.500. The van der Waals surface area contributed by atoms with E-state index >= 15 is 0 Å². The third-order valence-electron chi connectivity index (χ3n) is 2.83. The first-order valence-electron chi connectivity index (χ1n) is 6.10. The van der Waals surface area contributed by atoms with Gasteiger partial charge in [0.1, 0.15) is 0 Å². The van der Waals surface area contributed by atoms with E-state index in [-0.39, 0.29) is 30.3 Å². The smallest absolute Gasteiger partial charge is 0.261 e. The predicted octanol–water partition coefficient (Wildman–Crippen LogP) is 0.768. The largest absolute Gasteiger partial charge is 0.353 e. The number of thiophene rings is 1. The van der Waals surface area contributed by atoms with Gasteiger partial charge in [-0.15, -0.1) is 23.7 Å². The van der Waals surface area contributed by atoms with Gasteiger partial charge in [0.05, 0.1) is 10.9 Å². The van der Waals surface area contributed by atoms with Gasteiger partial charge in [-0.05, 0) is 30.8 Å². The van der Waals surface area contributed by atoms with Gasteiger partial charge in [-0.25, -0.2) is 0 Å². The van der Waals surface area contributed by atoms with E-state index in [9.17, 15) is 9.59 Å². The Bertz CT molecular complexity index is 405. The zero-order valence-electron chi connectivity index (χ0n) is 10.5. The molecule has 0 radical (unpaired) electrons. The Labute approximate surface area is 122 Å². The summed E-state index contributed by atoms with van der Waals surface area (Å²) < 4.78 is 0. The molecule has 1 atom stereocenters. The quantitative estimate of drug-likeness (QED) is 0.704. The lowest BCUT2D eigenvalue weighted by atomic mass is 10.2. The molecule has 0 spiro atoms. The highest BCUT2D eigenvalue weighted by Gasteiger charge is 2.21. The zero-order valence-corrected chi connectivity index (χ0v) is 12.1. The molecule has 5 nitrogen and oxygen atoms in total. The third kappa shape index (κ3) is 4.81. The maximum Gasteiger partial charge on any atom is 0.261 e. The van der Waals surface area contributed by atoms with Crippen molar-refractivity contribution in [2.75, 3.05) is 19.6 Å². The first-order valence-corrected chi connectivity index (χ1v) is 6.98. The van der Waals surface area contributed by atoms with Crippen molar-refractivity contribution in [2.24, 2.45) is 0 Å². The molecule has 2 heterocycles. The number of hydrogen-bond acceptors (Lipinski definition) is 4. The predicted molar refractivity (Wildman–Crippen MR) is 77.9 cm³/mol. The van der Waals surface area contributed by atoms with Gasteiger partial charge in [-0.1, -0.05) is 6.07 Å². The van der Waals surface area contributed by atoms with Crippen molar-refractivity contribution in [3.05, 3.63) is 22.4 Å². The molecule has 1 fully saturated rings. The van der Waals surface area contributed by atoms with Crippen molar-refractivity contribution < 1.29 is 9.59 Å². The van der Waals surface area contributed by atoms with E-state index < -0.39 is 0 Å². The van der Waals surface area contributed by atoms with Crippen LogP contribution in [0.1, 0.15) is 22.5 Å². The van der Waals surface area contributed by atoms with Gasteiger partial charge >= 0.3 is 0 Å². The highest BCUT2D eigenvalue weighted by molar-refractivity contribution is 7.12. The summed E-state index contributed by atoms with van der Waals surface area (Å²) in [4.78, 5) is 23.9. The van der Waals surface area contributed by atoms with Crippen molar-refractivity contribution in [1.29, 1.82) is 0 Å². The first-order chi connectivity index (χ1) is 8.77. The number of carbonyl (C=O) groups is 2. The average molecular weight is 304 g/mol. The molecule has 0 aliphatic carbocycles. The molecule has 2 rings (SSSR count). The normalized spacial score (nSPS) is 17.6. The van der Waals surface area contributed by atoms with E-state index in [0.717, 1.165) is 19.4 Å². The second kappa shape index (κ2) is 8.14. The minimum Gasteiger partial charge on any atom is -0.353 e. The molecule has 1 aromatic heterocycles. The number of rotatable bonds is 5. The van der Waals surface area contributed by atoms with Crippen LogP contribution in [0.2, 0.25) is 0 Å². The van der Waals surface area contributed by atoms with Gasteiger partial charge in [0.2, 0.25) is 5.91 Å². The van der Waals surface area contributed by atoms with E-state index in [0.29, 0.717) is 18.0 Å². The molecule has 1 unspecified atom stereocenters. The highest BCUT2D eigenvalue weighted by Crippen LogP contribution is 2.07. The SMILES string of the molecule is Cl.O=C(NCCNC(=O)C1CCCN1)c1cccs1. The lowest BCUT2D eigenvalue weighted by Gasteiger charge is -2.11. The number of halogens is 1. The van der Waals surface area contributed by atoms with Gasteiger partial charge in [0.25, 0.3) is 5.91 Å². The van der Waals surface area contributed by atoms with Crippen molar-refractivity contribution >= 4 is 35.6 Å². The Kier molecular flexibility index (Phi) is 6.83. The van der Waals surface area contributed by atoms with Crippen LogP contribution in [0, 0.1) is 0 Å². The van der Waals surface area contributed by atoms with Gasteiger partial charge in [0.15, 0.2) is 0 Å². The minimum atomic E-state index is -0.0850. The van der Waals surface area contributed by atoms with Crippen LogP contribution in [0.5, 0.6) is 0 Å². The summed E-state index contributed by atoms with van der Waals surface area (Å²) in [6.07, 6.45) is 1.95. The fourth-order valence-electron chi connectivity index (χ4n) is 1.89. The van der Waals surface area contributed by atoms with E-state index in [1.807, 2.05) is 11.4 Å². The molecule has 3 N–H and O–H groups in total. The van der Waals surface area contributed by atoms with Crippen LogP contribution in [0.15, 0.2) is 17.5 Å². The third-order valence-corrected chi connectivity index (χ3v) is 3.70. The van der Waals surface area contributed by atoms with Gasteiger partial charge in [0, 0.05) is 13.1 Å². The molecule has 106 valence electrons. The Morgan fingerprint density at radius 2 is 2.16 bits per heavy atom. The molecule has 1 aliphatic heterocycles.